The Morgan fingerprint density at radius 1 is 1.45 bits per heavy atom. The molecule has 1 heterocycles. The Morgan fingerprint density at radius 2 is 2.15 bits per heavy atom. The molecule has 0 bridgehead atoms. The lowest BCUT2D eigenvalue weighted by Crippen LogP contribution is -2.31. The molecule has 0 saturated heterocycles. The van der Waals surface area contributed by atoms with Crippen molar-refractivity contribution < 1.29 is 13.9 Å². The van der Waals surface area contributed by atoms with Crippen molar-refractivity contribution in [2.75, 3.05) is 7.11 Å². The number of halogens is 1. The number of methoxy groups -OCH3 is 1. The van der Waals surface area contributed by atoms with E-state index in [1.165, 1.54) is 24.2 Å². The van der Waals surface area contributed by atoms with E-state index in [-0.39, 0.29) is 11.6 Å². The fourth-order valence-electron chi connectivity index (χ4n) is 1.98. The number of carbonyl (C=O) groups excluding carboxylic acids is 1. The third kappa shape index (κ3) is 2.67. The first-order valence-corrected chi connectivity index (χ1v) is 6.04. The van der Waals surface area contributed by atoms with Crippen LogP contribution in [0.1, 0.15) is 29.1 Å². The van der Waals surface area contributed by atoms with Crippen LogP contribution in [0.2, 0.25) is 0 Å². The van der Waals surface area contributed by atoms with Gasteiger partial charge in [-0.2, -0.15) is 0 Å². The number of esters is 1. The first-order valence-electron chi connectivity index (χ1n) is 6.04. The fraction of sp³-hybridized carbons (Fsp3) is 0.308. The lowest BCUT2D eigenvalue weighted by Gasteiger charge is -2.21. The molecule has 6 nitrogen and oxygen atoms in total. The predicted molar refractivity (Wildman–Crippen MR) is 69.5 cm³/mol. The van der Waals surface area contributed by atoms with Gasteiger partial charge in [-0.15, -0.1) is 5.10 Å². The Hall–Kier alpha value is -2.28. The Morgan fingerprint density at radius 3 is 2.75 bits per heavy atom. The summed E-state index contributed by atoms with van der Waals surface area (Å²) in [7, 11) is 1.24. The standard InChI is InChI=1S/C13H15FN4O2/c1-8(15)11(9-5-3-4-6-10(9)14)18-7-16-12(17-18)13(19)20-2/h3-8,11H,15H2,1-2H3. The maximum Gasteiger partial charge on any atom is 0.377 e. The minimum absolute atomic E-state index is 0.0884. The van der Waals surface area contributed by atoms with Gasteiger partial charge in [-0.25, -0.2) is 18.9 Å². The summed E-state index contributed by atoms with van der Waals surface area (Å²) in [6, 6.07) is 5.32. The lowest BCUT2D eigenvalue weighted by atomic mass is 10.0. The molecule has 0 radical (unpaired) electrons. The molecule has 1 aromatic heterocycles. The number of nitrogens with two attached hydrogens (primary N) is 1. The number of aromatic nitrogens is 3. The molecule has 0 fully saturated rings. The van der Waals surface area contributed by atoms with E-state index in [9.17, 15) is 9.18 Å². The molecule has 2 rings (SSSR count). The predicted octanol–water partition coefficient (Wildman–Crippen LogP) is 1.14. The summed E-state index contributed by atoms with van der Waals surface area (Å²) in [4.78, 5) is 15.2. The molecule has 2 atom stereocenters. The second-order valence-electron chi connectivity index (χ2n) is 4.37. The fourth-order valence-corrected chi connectivity index (χ4v) is 1.98. The van der Waals surface area contributed by atoms with Crippen LogP contribution in [0.15, 0.2) is 30.6 Å². The monoisotopic (exact) mass is 278 g/mol. The van der Waals surface area contributed by atoms with Gasteiger partial charge in [0.2, 0.25) is 0 Å². The van der Waals surface area contributed by atoms with Crippen molar-refractivity contribution >= 4 is 5.97 Å². The average molecular weight is 278 g/mol. The zero-order valence-electron chi connectivity index (χ0n) is 11.2. The van der Waals surface area contributed by atoms with Gasteiger partial charge in [0.25, 0.3) is 5.82 Å². The van der Waals surface area contributed by atoms with Gasteiger partial charge in [0.05, 0.1) is 13.2 Å². The molecular formula is C13H15FN4O2. The molecule has 0 saturated carbocycles. The zero-order valence-corrected chi connectivity index (χ0v) is 11.2. The van der Waals surface area contributed by atoms with Crippen molar-refractivity contribution in [3.8, 4) is 0 Å². The number of hydrogen-bond donors (Lipinski definition) is 1. The van der Waals surface area contributed by atoms with Crippen LogP contribution in [0.3, 0.4) is 0 Å². The van der Waals surface area contributed by atoms with Crippen molar-refractivity contribution in [1.82, 2.24) is 14.8 Å². The van der Waals surface area contributed by atoms with E-state index < -0.39 is 18.1 Å². The highest BCUT2D eigenvalue weighted by atomic mass is 19.1. The summed E-state index contributed by atoms with van der Waals surface area (Å²) in [6.07, 6.45) is 1.34. The van der Waals surface area contributed by atoms with Gasteiger partial charge >= 0.3 is 5.97 Å². The second kappa shape index (κ2) is 5.79. The van der Waals surface area contributed by atoms with Crippen molar-refractivity contribution in [2.24, 2.45) is 5.73 Å². The van der Waals surface area contributed by atoms with Gasteiger partial charge in [-0.1, -0.05) is 18.2 Å². The maximum atomic E-state index is 13.9. The zero-order chi connectivity index (χ0) is 14.7. The van der Waals surface area contributed by atoms with E-state index in [0.29, 0.717) is 5.56 Å². The van der Waals surface area contributed by atoms with Gasteiger partial charge in [0.1, 0.15) is 12.1 Å². The second-order valence-corrected chi connectivity index (χ2v) is 4.37. The molecular weight excluding hydrogens is 263 g/mol. The molecule has 2 unspecified atom stereocenters. The van der Waals surface area contributed by atoms with Crippen molar-refractivity contribution in [3.63, 3.8) is 0 Å². The first-order chi connectivity index (χ1) is 9.54. The highest BCUT2D eigenvalue weighted by molar-refractivity contribution is 5.84. The highest BCUT2D eigenvalue weighted by Crippen LogP contribution is 2.23. The van der Waals surface area contributed by atoms with Gasteiger partial charge in [-0.3, -0.25) is 0 Å². The number of nitrogens with zero attached hydrogens (tertiary/aromatic N) is 3. The normalized spacial score (nSPS) is 13.8. The smallest absolute Gasteiger partial charge is 0.377 e. The van der Waals surface area contributed by atoms with E-state index in [0.717, 1.165) is 0 Å². The Kier molecular flexibility index (Phi) is 4.09. The summed E-state index contributed by atoms with van der Waals surface area (Å²) in [5, 5.41) is 4.00. The molecule has 0 amide bonds. The highest BCUT2D eigenvalue weighted by Gasteiger charge is 2.24. The number of carbonyl (C=O) groups is 1. The van der Waals surface area contributed by atoms with Gasteiger partial charge < -0.3 is 10.5 Å². The molecule has 20 heavy (non-hydrogen) atoms. The van der Waals surface area contributed by atoms with E-state index in [4.69, 9.17) is 5.73 Å². The van der Waals surface area contributed by atoms with Crippen LogP contribution in [0.5, 0.6) is 0 Å². The minimum Gasteiger partial charge on any atom is -0.463 e. The molecule has 106 valence electrons. The van der Waals surface area contributed by atoms with Crippen LogP contribution in [-0.2, 0) is 4.74 Å². The van der Waals surface area contributed by atoms with Crippen LogP contribution in [-0.4, -0.2) is 33.9 Å². The van der Waals surface area contributed by atoms with Crippen molar-refractivity contribution in [1.29, 1.82) is 0 Å². The number of benzene rings is 1. The van der Waals surface area contributed by atoms with Crippen LogP contribution in [0, 0.1) is 5.82 Å². The van der Waals surface area contributed by atoms with Crippen LogP contribution >= 0.6 is 0 Å². The Labute approximate surface area is 115 Å². The first kappa shape index (κ1) is 14.1. The van der Waals surface area contributed by atoms with E-state index in [1.54, 1.807) is 25.1 Å². The molecule has 0 aliphatic heterocycles. The minimum atomic E-state index is -0.652. The summed E-state index contributed by atoms with van der Waals surface area (Å²) in [6.45, 7) is 1.73. The third-order valence-corrected chi connectivity index (χ3v) is 2.88. The van der Waals surface area contributed by atoms with Gasteiger partial charge in [0.15, 0.2) is 0 Å². The molecule has 0 aliphatic rings. The Balaban J connectivity index is 2.42. The maximum absolute atomic E-state index is 13.9. The third-order valence-electron chi connectivity index (χ3n) is 2.88. The quantitative estimate of drug-likeness (QED) is 0.848. The molecule has 2 N–H and O–H groups in total. The van der Waals surface area contributed by atoms with E-state index in [2.05, 4.69) is 14.8 Å². The van der Waals surface area contributed by atoms with Crippen LogP contribution in [0.4, 0.5) is 4.39 Å². The molecule has 2 aromatic rings. The number of ether oxygens (including phenoxy) is 1. The Bertz CT molecular complexity index is 612. The summed E-state index contributed by atoms with van der Waals surface area (Å²) in [5.74, 6) is -1.12. The summed E-state index contributed by atoms with van der Waals surface area (Å²) >= 11 is 0. The van der Waals surface area contributed by atoms with Crippen LogP contribution < -0.4 is 5.73 Å². The van der Waals surface area contributed by atoms with Crippen LogP contribution in [0.25, 0.3) is 0 Å². The van der Waals surface area contributed by atoms with E-state index in [1.807, 2.05) is 0 Å². The topological polar surface area (TPSA) is 83.0 Å². The summed E-state index contributed by atoms with van der Waals surface area (Å²) in [5.41, 5.74) is 6.31. The number of rotatable bonds is 4. The van der Waals surface area contributed by atoms with Gasteiger partial charge in [0, 0.05) is 11.6 Å². The lowest BCUT2D eigenvalue weighted by molar-refractivity contribution is 0.0586. The molecule has 0 aliphatic carbocycles. The largest absolute Gasteiger partial charge is 0.463 e. The molecule has 1 aromatic carbocycles. The SMILES string of the molecule is COC(=O)c1ncn(C(c2ccccc2F)C(C)N)n1. The van der Waals surface area contributed by atoms with Gasteiger partial charge in [-0.05, 0) is 13.0 Å². The van der Waals surface area contributed by atoms with Crippen molar-refractivity contribution in [3.05, 3.63) is 47.8 Å². The molecule has 7 heteroatoms. The number of hydrogen-bond acceptors (Lipinski definition) is 5. The summed E-state index contributed by atoms with van der Waals surface area (Å²) < 4.78 is 19.8. The van der Waals surface area contributed by atoms with Crippen molar-refractivity contribution in [2.45, 2.75) is 19.0 Å². The molecule has 0 spiro atoms. The van der Waals surface area contributed by atoms with E-state index >= 15 is 0 Å². The average Bonchev–Trinajstić information content (AvgIpc) is 2.89.